The smallest absolute Gasteiger partial charge is 0.246 e. The van der Waals surface area contributed by atoms with Gasteiger partial charge in [-0.3, -0.25) is 9.59 Å². The predicted octanol–water partition coefficient (Wildman–Crippen LogP) is 1.55. The predicted molar refractivity (Wildman–Crippen MR) is 75.2 cm³/mol. The van der Waals surface area contributed by atoms with E-state index in [9.17, 15) is 9.59 Å². The fourth-order valence-electron chi connectivity index (χ4n) is 2.42. The first-order valence-electron chi connectivity index (χ1n) is 7.07. The van der Waals surface area contributed by atoms with Crippen LogP contribution >= 0.6 is 0 Å². The van der Waals surface area contributed by atoms with Crippen LogP contribution in [0.5, 0.6) is 0 Å². The van der Waals surface area contributed by atoms with Crippen molar-refractivity contribution in [3.63, 3.8) is 0 Å². The number of piperazine rings is 1. The highest BCUT2D eigenvalue weighted by Gasteiger charge is 2.40. The van der Waals surface area contributed by atoms with Crippen molar-refractivity contribution in [2.75, 3.05) is 6.54 Å². The Morgan fingerprint density at radius 3 is 2.58 bits per heavy atom. The molecule has 106 valence electrons. The summed E-state index contributed by atoms with van der Waals surface area (Å²) in [7, 11) is 0. The van der Waals surface area contributed by atoms with E-state index < -0.39 is 0 Å². The van der Waals surface area contributed by atoms with Gasteiger partial charge in [-0.2, -0.15) is 0 Å². The number of amides is 2. The lowest BCUT2D eigenvalue weighted by molar-refractivity contribution is -0.150. The Bertz CT molecular complexity index is 371. The van der Waals surface area contributed by atoms with Crippen LogP contribution in [0.4, 0.5) is 0 Å². The Labute approximate surface area is 115 Å². The molecule has 0 saturated carbocycles. The topological polar surface area (TPSA) is 49.4 Å². The van der Waals surface area contributed by atoms with Gasteiger partial charge in [-0.25, -0.2) is 0 Å². The van der Waals surface area contributed by atoms with Crippen LogP contribution in [-0.2, 0) is 9.59 Å². The molecule has 0 radical (unpaired) electrons. The van der Waals surface area contributed by atoms with Gasteiger partial charge in [0.2, 0.25) is 11.8 Å². The van der Waals surface area contributed by atoms with Crippen LogP contribution in [0.1, 0.15) is 46.5 Å². The van der Waals surface area contributed by atoms with Crippen LogP contribution in [0.25, 0.3) is 0 Å². The number of rotatable bonds is 6. The Kier molecular flexibility index (Phi) is 5.88. The maximum absolute atomic E-state index is 12.4. The van der Waals surface area contributed by atoms with E-state index in [4.69, 9.17) is 6.42 Å². The van der Waals surface area contributed by atoms with E-state index in [-0.39, 0.29) is 29.8 Å². The Hall–Kier alpha value is -1.50. The number of terminal acetylenes is 1. The number of nitrogens with one attached hydrogen (secondary N) is 1. The summed E-state index contributed by atoms with van der Waals surface area (Å²) in [5.74, 6) is 2.72. The minimum absolute atomic E-state index is 0.0299. The van der Waals surface area contributed by atoms with E-state index in [0.717, 1.165) is 19.3 Å². The summed E-state index contributed by atoms with van der Waals surface area (Å²) in [5, 5.41) is 2.84. The van der Waals surface area contributed by atoms with Crippen molar-refractivity contribution in [3.05, 3.63) is 0 Å². The Morgan fingerprint density at radius 2 is 2.05 bits per heavy atom. The van der Waals surface area contributed by atoms with E-state index in [0.29, 0.717) is 13.0 Å². The molecule has 1 heterocycles. The lowest BCUT2D eigenvalue weighted by Gasteiger charge is -2.40. The van der Waals surface area contributed by atoms with E-state index in [1.165, 1.54) is 0 Å². The third-order valence-corrected chi connectivity index (χ3v) is 3.55. The summed E-state index contributed by atoms with van der Waals surface area (Å²) in [6.07, 6.45) is 8.33. The number of hydrogen-bond acceptors (Lipinski definition) is 2. The molecule has 1 rings (SSSR count). The lowest BCUT2D eigenvalue weighted by atomic mass is 9.96. The Morgan fingerprint density at radius 1 is 1.37 bits per heavy atom. The second-order valence-electron chi connectivity index (χ2n) is 5.35. The van der Waals surface area contributed by atoms with E-state index in [2.05, 4.69) is 11.2 Å². The molecule has 1 aliphatic heterocycles. The van der Waals surface area contributed by atoms with Crippen LogP contribution in [0.2, 0.25) is 0 Å². The maximum Gasteiger partial charge on any atom is 0.246 e. The highest BCUT2D eigenvalue weighted by molar-refractivity contribution is 5.97. The molecule has 1 saturated heterocycles. The standard InChI is InChI=1S/C15H24N2O2/c1-5-7-8-9-10-17-12(6-2)14(18)16-13(11(3)4)15(17)19/h1,11-13H,6-10H2,2-4H3,(H,16,18). The van der Waals surface area contributed by atoms with Crippen molar-refractivity contribution in [2.45, 2.75) is 58.5 Å². The van der Waals surface area contributed by atoms with Crippen molar-refractivity contribution < 1.29 is 9.59 Å². The molecule has 0 aliphatic carbocycles. The highest BCUT2D eigenvalue weighted by Crippen LogP contribution is 2.18. The van der Waals surface area contributed by atoms with Crippen LogP contribution in [-0.4, -0.2) is 35.3 Å². The van der Waals surface area contributed by atoms with E-state index in [1.807, 2.05) is 20.8 Å². The number of nitrogens with zero attached hydrogens (tertiary/aromatic N) is 1. The van der Waals surface area contributed by atoms with Gasteiger partial charge in [0.05, 0.1) is 0 Å². The molecule has 1 fully saturated rings. The molecular formula is C15H24N2O2. The van der Waals surface area contributed by atoms with Gasteiger partial charge in [0.1, 0.15) is 12.1 Å². The van der Waals surface area contributed by atoms with Gasteiger partial charge in [-0.15, -0.1) is 12.3 Å². The largest absolute Gasteiger partial charge is 0.342 e. The van der Waals surface area contributed by atoms with Gasteiger partial charge in [0.25, 0.3) is 0 Å². The summed E-state index contributed by atoms with van der Waals surface area (Å²) in [4.78, 5) is 26.2. The molecule has 4 heteroatoms. The van der Waals surface area contributed by atoms with Crippen molar-refractivity contribution in [2.24, 2.45) is 5.92 Å². The first kappa shape index (κ1) is 15.6. The summed E-state index contributed by atoms with van der Waals surface area (Å²) >= 11 is 0. The average Bonchev–Trinajstić information content (AvgIpc) is 2.37. The van der Waals surface area contributed by atoms with Gasteiger partial charge in [0, 0.05) is 13.0 Å². The second-order valence-corrected chi connectivity index (χ2v) is 5.35. The van der Waals surface area contributed by atoms with Gasteiger partial charge < -0.3 is 10.2 Å². The fourth-order valence-corrected chi connectivity index (χ4v) is 2.42. The quantitative estimate of drug-likeness (QED) is 0.584. The molecule has 0 aromatic heterocycles. The third kappa shape index (κ3) is 3.73. The molecule has 4 nitrogen and oxygen atoms in total. The molecule has 2 atom stereocenters. The SMILES string of the molecule is C#CCCCCN1C(=O)C(C(C)C)NC(=O)C1CC. The van der Waals surface area contributed by atoms with E-state index >= 15 is 0 Å². The molecule has 19 heavy (non-hydrogen) atoms. The van der Waals surface area contributed by atoms with Crippen LogP contribution in [0.15, 0.2) is 0 Å². The minimum atomic E-state index is -0.386. The maximum atomic E-state index is 12.4. The molecule has 0 aromatic carbocycles. The monoisotopic (exact) mass is 264 g/mol. The zero-order valence-corrected chi connectivity index (χ0v) is 12.1. The summed E-state index contributed by atoms with van der Waals surface area (Å²) in [6, 6.07) is -0.712. The first-order valence-corrected chi connectivity index (χ1v) is 7.07. The normalized spacial score (nSPS) is 23.4. The van der Waals surface area contributed by atoms with Crippen LogP contribution in [0, 0.1) is 18.3 Å². The summed E-state index contributed by atoms with van der Waals surface area (Å²) < 4.78 is 0. The zero-order valence-electron chi connectivity index (χ0n) is 12.1. The van der Waals surface area contributed by atoms with Gasteiger partial charge in [-0.1, -0.05) is 20.8 Å². The minimum Gasteiger partial charge on any atom is -0.342 e. The lowest BCUT2D eigenvalue weighted by Crippen LogP contribution is -2.64. The van der Waals surface area contributed by atoms with Crippen molar-refractivity contribution in [1.29, 1.82) is 0 Å². The van der Waals surface area contributed by atoms with E-state index in [1.54, 1.807) is 4.90 Å². The second kappa shape index (κ2) is 7.18. The molecule has 2 amide bonds. The Balaban J connectivity index is 2.73. The molecule has 1 aliphatic rings. The highest BCUT2D eigenvalue weighted by atomic mass is 16.2. The summed E-state index contributed by atoms with van der Waals surface area (Å²) in [6.45, 7) is 6.45. The summed E-state index contributed by atoms with van der Waals surface area (Å²) in [5.41, 5.74) is 0. The van der Waals surface area contributed by atoms with Crippen molar-refractivity contribution >= 4 is 11.8 Å². The molecular weight excluding hydrogens is 240 g/mol. The number of carbonyl (C=O) groups is 2. The number of carbonyl (C=O) groups excluding carboxylic acids is 2. The third-order valence-electron chi connectivity index (χ3n) is 3.55. The van der Waals surface area contributed by atoms with Gasteiger partial charge in [-0.05, 0) is 25.2 Å². The van der Waals surface area contributed by atoms with Crippen LogP contribution < -0.4 is 5.32 Å². The molecule has 0 spiro atoms. The van der Waals surface area contributed by atoms with Crippen molar-refractivity contribution in [3.8, 4) is 12.3 Å². The first-order chi connectivity index (χ1) is 9.02. The fraction of sp³-hybridized carbons (Fsp3) is 0.733. The zero-order chi connectivity index (χ0) is 14.4. The van der Waals surface area contributed by atoms with Gasteiger partial charge in [0.15, 0.2) is 0 Å². The number of unbranched alkanes of at least 4 members (excludes halogenated alkanes) is 2. The average molecular weight is 264 g/mol. The van der Waals surface area contributed by atoms with Crippen LogP contribution in [0.3, 0.4) is 0 Å². The number of hydrogen-bond donors (Lipinski definition) is 1. The molecule has 2 unspecified atom stereocenters. The molecule has 0 bridgehead atoms. The van der Waals surface area contributed by atoms with Crippen molar-refractivity contribution in [1.82, 2.24) is 10.2 Å². The molecule has 0 aromatic rings. The molecule has 1 N–H and O–H groups in total. The van der Waals surface area contributed by atoms with Gasteiger partial charge >= 0.3 is 0 Å².